The highest BCUT2D eigenvalue weighted by Gasteiger charge is 2.39. The first-order chi connectivity index (χ1) is 9.64. The molecule has 3 nitrogen and oxygen atoms in total. The number of methoxy groups -OCH3 is 1. The van der Waals surface area contributed by atoms with Gasteiger partial charge < -0.3 is 14.8 Å². The smallest absolute Gasteiger partial charge is 0.120 e. The van der Waals surface area contributed by atoms with Gasteiger partial charge in [0.1, 0.15) is 5.75 Å². The molecule has 0 bridgehead atoms. The summed E-state index contributed by atoms with van der Waals surface area (Å²) in [5, 5.41) is 3.42. The Bertz CT molecular complexity index is 441. The molecule has 0 radical (unpaired) electrons. The average molecular weight is 342 g/mol. The number of halogens is 1. The third kappa shape index (κ3) is 3.35. The fraction of sp³-hybridized carbons (Fsp3) is 0.625. The molecule has 0 aromatic heterocycles. The number of benzene rings is 1. The summed E-state index contributed by atoms with van der Waals surface area (Å²) < 4.78 is 12.4. The van der Waals surface area contributed by atoms with E-state index in [0.29, 0.717) is 12.6 Å². The normalized spacial score (nSPS) is 18.4. The molecule has 1 aromatic carbocycles. The molecule has 0 amide bonds. The molecule has 1 aliphatic carbocycles. The van der Waals surface area contributed by atoms with Crippen molar-refractivity contribution >= 4 is 15.9 Å². The second kappa shape index (κ2) is 6.92. The fourth-order valence-corrected chi connectivity index (χ4v) is 3.48. The molecule has 20 heavy (non-hydrogen) atoms. The second-order valence-corrected chi connectivity index (χ2v) is 6.26. The molecule has 1 atom stereocenters. The molecule has 112 valence electrons. The minimum absolute atomic E-state index is 0.0612. The number of ether oxygens (including phenoxy) is 2. The maximum atomic E-state index is 5.75. The minimum atomic E-state index is 0.0612. The standard InChI is InChI=1S/C16H24BrNO2/c1-4-20-12-6-7-13(14(17)10-12)15(18-2)11-16(19-3)8-5-9-16/h6-7,10,15,18H,4-5,8-9,11H2,1-3H3. The molecule has 2 rings (SSSR count). The molecule has 0 saturated heterocycles. The van der Waals surface area contributed by atoms with Gasteiger partial charge in [0.05, 0.1) is 12.2 Å². The van der Waals surface area contributed by atoms with E-state index in [0.717, 1.165) is 29.5 Å². The van der Waals surface area contributed by atoms with E-state index in [1.54, 1.807) is 0 Å². The van der Waals surface area contributed by atoms with E-state index in [4.69, 9.17) is 9.47 Å². The van der Waals surface area contributed by atoms with Crippen LogP contribution in [-0.2, 0) is 4.74 Å². The first-order valence-electron chi connectivity index (χ1n) is 7.29. The lowest BCUT2D eigenvalue weighted by atomic mass is 9.74. The summed E-state index contributed by atoms with van der Waals surface area (Å²) in [5.41, 5.74) is 1.32. The van der Waals surface area contributed by atoms with E-state index in [9.17, 15) is 0 Å². The highest BCUT2D eigenvalue weighted by atomic mass is 79.9. The third-order valence-corrected chi connectivity index (χ3v) is 4.97. The first kappa shape index (κ1) is 15.8. The van der Waals surface area contributed by atoms with Gasteiger partial charge in [0.15, 0.2) is 0 Å². The Hall–Kier alpha value is -0.580. The van der Waals surface area contributed by atoms with E-state index >= 15 is 0 Å². The largest absolute Gasteiger partial charge is 0.494 e. The highest BCUT2D eigenvalue weighted by Crippen LogP contribution is 2.43. The van der Waals surface area contributed by atoms with Crippen LogP contribution in [0, 0.1) is 0 Å². The Balaban J connectivity index is 2.14. The van der Waals surface area contributed by atoms with Crippen molar-refractivity contribution in [1.82, 2.24) is 5.32 Å². The van der Waals surface area contributed by atoms with Crippen molar-refractivity contribution in [2.45, 2.75) is 44.2 Å². The van der Waals surface area contributed by atoms with Crippen LogP contribution in [0.4, 0.5) is 0 Å². The Kier molecular flexibility index (Phi) is 5.47. The quantitative estimate of drug-likeness (QED) is 0.810. The van der Waals surface area contributed by atoms with Crippen LogP contribution in [0.1, 0.15) is 44.2 Å². The molecular formula is C16H24BrNO2. The van der Waals surface area contributed by atoms with Gasteiger partial charge in [-0.15, -0.1) is 0 Å². The van der Waals surface area contributed by atoms with Crippen molar-refractivity contribution in [1.29, 1.82) is 0 Å². The number of hydrogen-bond donors (Lipinski definition) is 1. The van der Waals surface area contributed by atoms with E-state index in [2.05, 4.69) is 27.3 Å². The maximum absolute atomic E-state index is 5.75. The molecule has 0 aliphatic heterocycles. The Morgan fingerprint density at radius 1 is 1.40 bits per heavy atom. The molecular weight excluding hydrogens is 318 g/mol. The summed E-state index contributed by atoms with van der Waals surface area (Å²) in [6.45, 7) is 2.69. The predicted octanol–water partition coefficient (Wildman–Crippen LogP) is 4.07. The van der Waals surface area contributed by atoms with E-state index in [1.807, 2.05) is 33.2 Å². The molecule has 1 unspecified atom stereocenters. The molecule has 4 heteroatoms. The van der Waals surface area contributed by atoms with Gasteiger partial charge >= 0.3 is 0 Å². The van der Waals surface area contributed by atoms with E-state index < -0.39 is 0 Å². The molecule has 1 saturated carbocycles. The zero-order valence-corrected chi connectivity index (χ0v) is 14.1. The van der Waals surface area contributed by atoms with Crippen LogP contribution >= 0.6 is 15.9 Å². The summed E-state index contributed by atoms with van der Waals surface area (Å²) in [6.07, 6.45) is 4.61. The van der Waals surface area contributed by atoms with Gasteiger partial charge in [-0.3, -0.25) is 0 Å². The topological polar surface area (TPSA) is 30.5 Å². The molecule has 1 N–H and O–H groups in total. The molecule has 1 aromatic rings. The first-order valence-corrected chi connectivity index (χ1v) is 8.08. The predicted molar refractivity (Wildman–Crippen MR) is 85.3 cm³/mol. The summed E-state index contributed by atoms with van der Waals surface area (Å²) in [6, 6.07) is 6.51. The van der Waals surface area contributed by atoms with Crippen molar-refractivity contribution < 1.29 is 9.47 Å². The Morgan fingerprint density at radius 2 is 2.15 bits per heavy atom. The zero-order chi connectivity index (χ0) is 14.6. The fourth-order valence-electron chi connectivity index (χ4n) is 2.85. The van der Waals surface area contributed by atoms with Gasteiger partial charge in [-0.25, -0.2) is 0 Å². The van der Waals surface area contributed by atoms with Crippen molar-refractivity contribution in [3.8, 4) is 5.75 Å². The Labute approximate surface area is 130 Å². The molecule has 1 fully saturated rings. The van der Waals surface area contributed by atoms with Gasteiger partial charge in [0.2, 0.25) is 0 Å². The van der Waals surface area contributed by atoms with Crippen LogP contribution in [0.15, 0.2) is 22.7 Å². The third-order valence-electron chi connectivity index (χ3n) is 4.28. The highest BCUT2D eigenvalue weighted by molar-refractivity contribution is 9.10. The van der Waals surface area contributed by atoms with Crippen molar-refractivity contribution in [3.05, 3.63) is 28.2 Å². The summed E-state index contributed by atoms with van der Waals surface area (Å²) in [5.74, 6) is 0.906. The summed E-state index contributed by atoms with van der Waals surface area (Å²) >= 11 is 3.67. The second-order valence-electron chi connectivity index (χ2n) is 5.40. The van der Waals surface area contributed by atoms with Gasteiger partial charge in [-0.05, 0) is 57.4 Å². The van der Waals surface area contributed by atoms with E-state index in [1.165, 1.54) is 12.0 Å². The van der Waals surface area contributed by atoms with Crippen LogP contribution in [0.25, 0.3) is 0 Å². The van der Waals surface area contributed by atoms with Crippen LogP contribution in [-0.4, -0.2) is 26.4 Å². The van der Waals surface area contributed by atoms with E-state index in [-0.39, 0.29) is 5.60 Å². The lowest BCUT2D eigenvalue weighted by Crippen LogP contribution is -2.42. The van der Waals surface area contributed by atoms with Crippen molar-refractivity contribution in [2.24, 2.45) is 0 Å². The lowest BCUT2D eigenvalue weighted by molar-refractivity contribution is -0.0834. The van der Waals surface area contributed by atoms with Gasteiger partial charge in [-0.2, -0.15) is 0 Å². The minimum Gasteiger partial charge on any atom is -0.494 e. The molecule has 0 spiro atoms. The lowest BCUT2D eigenvalue weighted by Gasteiger charge is -2.43. The van der Waals surface area contributed by atoms with Crippen LogP contribution in [0.5, 0.6) is 5.75 Å². The van der Waals surface area contributed by atoms with Gasteiger partial charge in [0, 0.05) is 17.6 Å². The molecule has 0 heterocycles. The monoisotopic (exact) mass is 341 g/mol. The van der Waals surface area contributed by atoms with Crippen LogP contribution < -0.4 is 10.1 Å². The average Bonchev–Trinajstić information content (AvgIpc) is 2.40. The summed E-state index contributed by atoms with van der Waals surface area (Å²) in [4.78, 5) is 0. The SMILES string of the molecule is CCOc1ccc(C(CC2(OC)CCC2)NC)c(Br)c1. The number of rotatable bonds is 7. The van der Waals surface area contributed by atoms with Gasteiger partial charge in [-0.1, -0.05) is 22.0 Å². The van der Waals surface area contributed by atoms with Crippen LogP contribution in [0.2, 0.25) is 0 Å². The Morgan fingerprint density at radius 3 is 2.60 bits per heavy atom. The summed E-state index contributed by atoms with van der Waals surface area (Å²) in [7, 11) is 3.84. The number of nitrogens with one attached hydrogen (secondary N) is 1. The van der Waals surface area contributed by atoms with Crippen molar-refractivity contribution in [3.63, 3.8) is 0 Å². The van der Waals surface area contributed by atoms with Crippen LogP contribution in [0.3, 0.4) is 0 Å². The van der Waals surface area contributed by atoms with Gasteiger partial charge in [0.25, 0.3) is 0 Å². The molecule has 1 aliphatic rings. The zero-order valence-electron chi connectivity index (χ0n) is 12.5. The maximum Gasteiger partial charge on any atom is 0.120 e. The van der Waals surface area contributed by atoms with Crippen molar-refractivity contribution in [2.75, 3.05) is 20.8 Å². The number of hydrogen-bond acceptors (Lipinski definition) is 3.